The number of pyridine rings is 1. The number of benzene rings is 1. The minimum absolute atomic E-state index is 0.261. The van der Waals surface area contributed by atoms with Gasteiger partial charge < -0.3 is 14.2 Å². The summed E-state index contributed by atoms with van der Waals surface area (Å²) in [7, 11) is 0. The van der Waals surface area contributed by atoms with Crippen LogP contribution in [0.2, 0.25) is 0 Å². The van der Waals surface area contributed by atoms with E-state index in [2.05, 4.69) is 5.16 Å². The fourth-order valence-corrected chi connectivity index (χ4v) is 2.12. The van der Waals surface area contributed by atoms with Crippen molar-refractivity contribution < 1.29 is 14.4 Å². The predicted octanol–water partition coefficient (Wildman–Crippen LogP) is 1.74. The van der Waals surface area contributed by atoms with Gasteiger partial charge in [0.05, 0.1) is 18.3 Å². The van der Waals surface area contributed by atoms with Gasteiger partial charge in [-0.25, -0.2) is 4.79 Å². The molecule has 20 heavy (non-hydrogen) atoms. The van der Waals surface area contributed by atoms with E-state index in [1.165, 1.54) is 12.4 Å². The summed E-state index contributed by atoms with van der Waals surface area (Å²) in [6, 6.07) is 8.56. The van der Waals surface area contributed by atoms with Crippen molar-refractivity contribution in [3.63, 3.8) is 0 Å². The lowest BCUT2D eigenvalue weighted by atomic mass is 10.1. The maximum absolute atomic E-state index is 12.1. The van der Waals surface area contributed by atoms with Gasteiger partial charge in [-0.3, -0.25) is 4.79 Å². The molecule has 3 aromatic rings. The van der Waals surface area contributed by atoms with Gasteiger partial charge in [0.1, 0.15) is 5.56 Å². The second-order valence-electron chi connectivity index (χ2n) is 4.30. The number of hydrogen-bond donors (Lipinski definition) is 1. The molecular formula is C14H10N2O4. The topological polar surface area (TPSA) is 85.3 Å². The van der Waals surface area contributed by atoms with Crippen molar-refractivity contribution in [1.29, 1.82) is 0 Å². The van der Waals surface area contributed by atoms with Crippen molar-refractivity contribution in [2.24, 2.45) is 0 Å². The molecule has 0 aliphatic carbocycles. The van der Waals surface area contributed by atoms with Crippen LogP contribution in [0.3, 0.4) is 0 Å². The molecule has 0 saturated carbocycles. The Hall–Kier alpha value is -2.89. The molecule has 0 saturated heterocycles. The maximum Gasteiger partial charge on any atom is 0.341 e. The Balaban J connectivity index is 2.27. The lowest BCUT2D eigenvalue weighted by Crippen LogP contribution is -2.19. The molecule has 0 radical (unpaired) electrons. The van der Waals surface area contributed by atoms with E-state index in [-0.39, 0.29) is 5.56 Å². The van der Waals surface area contributed by atoms with E-state index in [1.54, 1.807) is 34.9 Å². The van der Waals surface area contributed by atoms with Crippen LogP contribution in [0, 0.1) is 0 Å². The molecular weight excluding hydrogens is 260 g/mol. The van der Waals surface area contributed by atoms with Crippen molar-refractivity contribution in [1.82, 2.24) is 9.72 Å². The SMILES string of the molecule is O=C(O)c1cn(Cc2ccno2)c2ccccc2c1=O. The minimum atomic E-state index is -1.24. The van der Waals surface area contributed by atoms with Crippen LogP contribution in [-0.2, 0) is 6.54 Å². The summed E-state index contributed by atoms with van der Waals surface area (Å²) in [5, 5.41) is 13.1. The summed E-state index contributed by atoms with van der Waals surface area (Å²) in [5.74, 6) is -0.665. The number of carboxylic acid groups (broad SMARTS) is 1. The van der Waals surface area contributed by atoms with Crippen LogP contribution in [0.5, 0.6) is 0 Å². The molecule has 0 bridgehead atoms. The number of carbonyl (C=O) groups is 1. The lowest BCUT2D eigenvalue weighted by Gasteiger charge is -2.10. The first-order valence-corrected chi connectivity index (χ1v) is 5.92. The van der Waals surface area contributed by atoms with Crippen molar-refractivity contribution in [2.45, 2.75) is 6.54 Å². The number of rotatable bonds is 3. The summed E-state index contributed by atoms with van der Waals surface area (Å²) in [6.07, 6.45) is 2.84. The summed E-state index contributed by atoms with van der Waals surface area (Å²) in [6.45, 7) is 0.307. The number of carboxylic acids is 1. The van der Waals surface area contributed by atoms with Gasteiger partial charge >= 0.3 is 5.97 Å². The molecule has 0 atom stereocenters. The monoisotopic (exact) mass is 270 g/mol. The zero-order chi connectivity index (χ0) is 14.1. The number of aromatic carboxylic acids is 1. The molecule has 1 aromatic carbocycles. The van der Waals surface area contributed by atoms with Crippen molar-refractivity contribution in [3.05, 3.63) is 64.3 Å². The Morgan fingerprint density at radius 1 is 1.30 bits per heavy atom. The van der Waals surface area contributed by atoms with Crippen LogP contribution in [0.25, 0.3) is 10.9 Å². The fraction of sp³-hybridized carbons (Fsp3) is 0.0714. The normalized spacial score (nSPS) is 10.8. The van der Waals surface area contributed by atoms with Crippen LogP contribution >= 0.6 is 0 Å². The Kier molecular flexibility index (Phi) is 2.83. The molecule has 6 nitrogen and oxygen atoms in total. The fourth-order valence-electron chi connectivity index (χ4n) is 2.12. The average molecular weight is 270 g/mol. The molecule has 0 aliphatic rings. The van der Waals surface area contributed by atoms with E-state index < -0.39 is 11.4 Å². The van der Waals surface area contributed by atoms with Gasteiger partial charge in [0.25, 0.3) is 0 Å². The summed E-state index contributed by atoms with van der Waals surface area (Å²) in [4.78, 5) is 23.3. The minimum Gasteiger partial charge on any atom is -0.477 e. The van der Waals surface area contributed by atoms with Crippen LogP contribution in [0.4, 0.5) is 0 Å². The van der Waals surface area contributed by atoms with Gasteiger partial charge in [0.15, 0.2) is 5.76 Å². The molecule has 0 fully saturated rings. The third-order valence-electron chi connectivity index (χ3n) is 3.04. The van der Waals surface area contributed by atoms with Crippen molar-refractivity contribution in [2.75, 3.05) is 0 Å². The third kappa shape index (κ3) is 1.97. The van der Waals surface area contributed by atoms with Gasteiger partial charge in [-0.05, 0) is 12.1 Å². The highest BCUT2D eigenvalue weighted by atomic mass is 16.5. The molecule has 2 heterocycles. The van der Waals surface area contributed by atoms with Crippen molar-refractivity contribution in [3.8, 4) is 0 Å². The molecule has 6 heteroatoms. The van der Waals surface area contributed by atoms with Gasteiger partial charge in [-0.1, -0.05) is 17.3 Å². The third-order valence-corrected chi connectivity index (χ3v) is 3.04. The van der Waals surface area contributed by atoms with Gasteiger partial charge in [-0.2, -0.15) is 0 Å². The van der Waals surface area contributed by atoms with Gasteiger partial charge in [0, 0.05) is 17.6 Å². The Labute approximate surface area is 112 Å². The molecule has 0 aliphatic heterocycles. The van der Waals surface area contributed by atoms with E-state index in [1.807, 2.05) is 0 Å². The molecule has 1 N–H and O–H groups in total. The quantitative estimate of drug-likeness (QED) is 0.783. The highest BCUT2D eigenvalue weighted by molar-refractivity contribution is 5.92. The zero-order valence-electron chi connectivity index (χ0n) is 10.3. The zero-order valence-corrected chi connectivity index (χ0v) is 10.3. The Morgan fingerprint density at radius 3 is 2.80 bits per heavy atom. The summed E-state index contributed by atoms with van der Waals surface area (Å²) >= 11 is 0. The van der Waals surface area contributed by atoms with E-state index in [9.17, 15) is 9.59 Å². The van der Waals surface area contributed by atoms with Gasteiger partial charge in [0.2, 0.25) is 5.43 Å². The van der Waals surface area contributed by atoms with Gasteiger partial charge in [-0.15, -0.1) is 0 Å². The first kappa shape index (κ1) is 12.2. The smallest absolute Gasteiger partial charge is 0.341 e. The molecule has 0 amide bonds. The lowest BCUT2D eigenvalue weighted by molar-refractivity contribution is 0.0695. The number of hydrogen-bond acceptors (Lipinski definition) is 4. The van der Waals surface area contributed by atoms with Crippen LogP contribution in [-0.4, -0.2) is 20.8 Å². The summed E-state index contributed by atoms with van der Waals surface area (Å²) in [5.41, 5.74) is -0.0935. The number of aromatic nitrogens is 2. The first-order valence-electron chi connectivity index (χ1n) is 5.92. The average Bonchev–Trinajstić information content (AvgIpc) is 2.94. The van der Waals surface area contributed by atoms with Crippen LogP contribution in [0.1, 0.15) is 16.1 Å². The second kappa shape index (κ2) is 4.65. The van der Waals surface area contributed by atoms with Crippen LogP contribution in [0.15, 0.2) is 52.0 Å². The van der Waals surface area contributed by atoms with E-state index in [0.717, 1.165) is 0 Å². The van der Waals surface area contributed by atoms with Crippen molar-refractivity contribution >= 4 is 16.9 Å². The van der Waals surface area contributed by atoms with E-state index in [0.29, 0.717) is 23.2 Å². The highest BCUT2D eigenvalue weighted by Crippen LogP contribution is 2.14. The molecule has 2 aromatic heterocycles. The van der Waals surface area contributed by atoms with E-state index in [4.69, 9.17) is 9.63 Å². The molecule has 0 spiro atoms. The molecule has 0 unspecified atom stereocenters. The highest BCUT2D eigenvalue weighted by Gasteiger charge is 2.14. The predicted molar refractivity (Wildman–Crippen MR) is 70.8 cm³/mol. The van der Waals surface area contributed by atoms with E-state index >= 15 is 0 Å². The molecule has 100 valence electrons. The Bertz CT molecular complexity index is 834. The standard InChI is InChI=1S/C14H10N2O4/c17-13-10-3-1-2-4-12(10)16(8-11(13)14(18)19)7-9-5-6-15-20-9/h1-6,8H,7H2,(H,18,19). The molecule has 3 rings (SSSR count). The Morgan fingerprint density at radius 2 is 2.10 bits per heavy atom. The van der Waals surface area contributed by atoms with Crippen LogP contribution < -0.4 is 5.43 Å². The maximum atomic E-state index is 12.1. The summed E-state index contributed by atoms with van der Waals surface area (Å²) < 4.78 is 6.69. The number of para-hydroxylation sites is 1. The number of fused-ring (bicyclic) bond motifs is 1. The second-order valence-corrected chi connectivity index (χ2v) is 4.30. The first-order chi connectivity index (χ1) is 9.66. The number of nitrogens with zero attached hydrogens (tertiary/aromatic N) is 2. The largest absolute Gasteiger partial charge is 0.477 e.